The average Bonchev–Trinajstić information content (AvgIpc) is 2.60. The molecule has 1 atom stereocenters. The summed E-state index contributed by atoms with van der Waals surface area (Å²) in [5.41, 5.74) is 7.59. The number of nitrogens with two attached hydrogens (primary N) is 1. The van der Waals surface area contributed by atoms with Gasteiger partial charge in [-0.15, -0.1) is 0 Å². The van der Waals surface area contributed by atoms with Crippen LogP contribution in [0, 0.1) is 0 Å². The highest BCUT2D eigenvalue weighted by molar-refractivity contribution is 5.94. The third kappa shape index (κ3) is 4.07. The average molecular weight is 311 g/mol. The van der Waals surface area contributed by atoms with E-state index in [1.54, 1.807) is 18.5 Å². The quantitative estimate of drug-likeness (QED) is 0.940. The van der Waals surface area contributed by atoms with E-state index in [1.807, 2.05) is 35.2 Å². The molecule has 2 N–H and O–H groups in total. The second kappa shape index (κ2) is 7.24. The minimum absolute atomic E-state index is 0.0203. The number of rotatable bonds is 4. The fourth-order valence-corrected chi connectivity index (χ4v) is 2.75. The van der Waals surface area contributed by atoms with Crippen LogP contribution in [0.3, 0.4) is 0 Å². The lowest BCUT2D eigenvalue weighted by Gasteiger charge is -2.30. The summed E-state index contributed by atoms with van der Waals surface area (Å²) in [6, 6.07) is 11.2. The molecule has 1 aromatic heterocycles. The maximum absolute atomic E-state index is 12.6. The minimum Gasteiger partial charge on any atom is -0.489 e. The third-order valence-corrected chi connectivity index (χ3v) is 3.95. The van der Waals surface area contributed by atoms with Crippen molar-refractivity contribution in [1.82, 2.24) is 9.88 Å². The van der Waals surface area contributed by atoms with Crippen LogP contribution in [0.5, 0.6) is 5.75 Å². The van der Waals surface area contributed by atoms with Gasteiger partial charge in [0.25, 0.3) is 5.91 Å². The summed E-state index contributed by atoms with van der Waals surface area (Å²) in [6.07, 6.45) is 5.44. The van der Waals surface area contributed by atoms with Gasteiger partial charge >= 0.3 is 0 Å². The summed E-state index contributed by atoms with van der Waals surface area (Å²) in [7, 11) is 0. The number of nitrogens with zero attached hydrogens (tertiary/aromatic N) is 2. The van der Waals surface area contributed by atoms with Gasteiger partial charge in [0.15, 0.2) is 0 Å². The van der Waals surface area contributed by atoms with Crippen molar-refractivity contribution in [2.75, 3.05) is 13.1 Å². The van der Waals surface area contributed by atoms with E-state index in [4.69, 9.17) is 10.5 Å². The first-order valence-electron chi connectivity index (χ1n) is 7.89. The zero-order valence-corrected chi connectivity index (χ0v) is 13.0. The number of carbonyl (C=O) groups excluding carboxylic acids is 1. The standard InChI is InChI=1S/C18H21N3O2/c19-16-6-3-9-21(12-16)18(22)15-5-1-7-17(10-15)23-13-14-4-2-8-20-11-14/h1-2,4-5,7-8,10-11,16H,3,6,9,12-13,19H2. The van der Waals surface area contributed by atoms with E-state index in [0.717, 1.165) is 24.9 Å². The predicted octanol–water partition coefficient (Wildman–Crippen LogP) is 2.22. The van der Waals surface area contributed by atoms with Gasteiger partial charge in [0.1, 0.15) is 12.4 Å². The first kappa shape index (κ1) is 15.5. The molecule has 120 valence electrons. The Morgan fingerprint density at radius 1 is 1.35 bits per heavy atom. The third-order valence-electron chi connectivity index (χ3n) is 3.95. The van der Waals surface area contributed by atoms with Gasteiger partial charge in [0.2, 0.25) is 0 Å². The van der Waals surface area contributed by atoms with Gasteiger partial charge in [-0.1, -0.05) is 12.1 Å². The van der Waals surface area contributed by atoms with Crippen LogP contribution in [-0.2, 0) is 6.61 Å². The summed E-state index contributed by atoms with van der Waals surface area (Å²) in [6.45, 7) is 1.83. The zero-order valence-electron chi connectivity index (χ0n) is 13.0. The van der Waals surface area contributed by atoms with Crippen LogP contribution < -0.4 is 10.5 Å². The zero-order chi connectivity index (χ0) is 16.1. The normalized spacial score (nSPS) is 17.8. The summed E-state index contributed by atoms with van der Waals surface area (Å²) >= 11 is 0. The van der Waals surface area contributed by atoms with E-state index in [-0.39, 0.29) is 11.9 Å². The highest BCUT2D eigenvalue weighted by Gasteiger charge is 2.22. The summed E-state index contributed by atoms with van der Waals surface area (Å²) in [4.78, 5) is 18.5. The number of carbonyl (C=O) groups is 1. The van der Waals surface area contributed by atoms with Gasteiger partial charge in [-0.25, -0.2) is 0 Å². The SMILES string of the molecule is NC1CCCN(C(=O)c2cccc(OCc3cccnc3)c2)C1. The number of aromatic nitrogens is 1. The molecule has 1 fully saturated rings. The Kier molecular flexibility index (Phi) is 4.88. The largest absolute Gasteiger partial charge is 0.489 e. The van der Waals surface area contributed by atoms with E-state index in [2.05, 4.69) is 4.98 Å². The molecular formula is C18H21N3O2. The van der Waals surface area contributed by atoms with Gasteiger partial charge in [0.05, 0.1) is 0 Å². The number of amides is 1. The Morgan fingerprint density at radius 3 is 3.04 bits per heavy atom. The number of ether oxygens (including phenoxy) is 1. The Labute approximate surface area is 136 Å². The molecule has 0 radical (unpaired) electrons. The van der Waals surface area contributed by atoms with Crippen LogP contribution in [0.15, 0.2) is 48.8 Å². The van der Waals surface area contributed by atoms with E-state index >= 15 is 0 Å². The Morgan fingerprint density at radius 2 is 2.26 bits per heavy atom. The van der Waals surface area contributed by atoms with Crippen molar-refractivity contribution in [3.05, 3.63) is 59.9 Å². The molecule has 0 aliphatic carbocycles. The molecule has 1 unspecified atom stereocenters. The van der Waals surface area contributed by atoms with Crippen LogP contribution in [0.2, 0.25) is 0 Å². The molecule has 0 spiro atoms. The predicted molar refractivity (Wildman–Crippen MR) is 88.1 cm³/mol. The molecule has 23 heavy (non-hydrogen) atoms. The molecule has 2 heterocycles. The number of hydrogen-bond acceptors (Lipinski definition) is 4. The van der Waals surface area contributed by atoms with Crippen LogP contribution in [0.1, 0.15) is 28.8 Å². The van der Waals surface area contributed by atoms with Gasteiger partial charge in [0, 0.05) is 42.7 Å². The smallest absolute Gasteiger partial charge is 0.254 e. The summed E-state index contributed by atoms with van der Waals surface area (Å²) in [5, 5.41) is 0. The van der Waals surface area contributed by atoms with Gasteiger partial charge in [-0.05, 0) is 37.1 Å². The first-order chi connectivity index (χ1) is 11.2. The highest BCUT2D eigenvalue weighted by atomic mass is 16.5. The van der Waals surface area contributed by atoms with Crippen molar-refractivity contribution < 1.29 is 9.53 Å². The maximum Gasteiger partial charge on any atom is 0.254 e. The molecule has 1 aliphatic rings. The fraction of sp³-hybridized carbons (Fsp3) is 0.333. The second-order valence-corrected chi connectivity index (χ2v) is 5.83. The minimum atomic E-state index is 0.0203. The molecule has 0 saturated carbocycles. The van der Waals surface area contributed by atoms with Gasteiger partial charge < -0.3 is 15.4 Å². The number of likely N-dealkylation sites (tertiary alicyclic amines) is 1. The van der Waals surface area contributed by atoms with Crippen molar-refractivity contribution in [3.8, 4) is 5.75 Å². The van der Waals surface area contributed by atoms with E-state index in [9.17, 15) is 4.79 Å². The lowest BCUT2D eigenvalue weighted by Crippen LogP contribution is -2.45. The number of benzene rings is 1. The molecule has 1 aromatic carbocycles. The monoisotopic (exact) mass is 311 g/mol. The molecule has 1 amide bonds. The summed E-state index contributed by atoms with van der Waals surface area (Å²) in [5.74, 6) is 0.702. The van der Waals surface area contributed by atoms with Gasteiger partial charge in [-0.3, -0.25) is 9.78 Å². The lowest BCUT2D eigenvalue weighted by molar-refractivity contribution is 0.0708. The Hall–Kier alpha value is -2.40. The molecule has 1 aliphatic heterocycles. The maximum atomic E-state index is 12.6. The molecular weight excluding hydrogens is 290 g/mol. The fourth-order valence-electron chi connectivity index (χ4n) is 2.75. The van der Waals surface area contributed by atoms with E-state index in [1.165, 1.54) is 0 Å². The van der Waals surface area contributed by atoms with Crippen LogP contribution in [0.25, 0.3) is 0 Å². The topological polar surface area (TPSA) is 68.5 Å². The molecule has 3 rings (SSSR count). The van der Waals surface area contributed by atoms with Gasteiger partial charge in [-0.2, -0.15) is 0 Å². The lowest BCUT2D eigenvalue weighted by atomic mass is 10.1. The van der Waals surface area contributed by atoms with Crippen LogP contribution >= 0.6 is 0 Å². The van der Waals surface area contributed by atoms with Crippen molar-refractivity contribution >= 4 is 5.91 Å². The number of piperidine rings is 1. The van der Waals surface area contributed by atoms with Crippen molar-refractivity contribution in [1.29, 1.82) is 0 Å². The van der Waals surface area contributed by atoms with Crippen LogP contribution in [-0.4, -0.2) is 34.9 Å². The molecule has 0 bridgehead atoms. The van der Waals surface area contributed by atoms with Crippen molar-refractivity contribution in [2.45, 2.75) is 25.5 Å². The van der Waals surface area contributed by atoms with E-state index in [0.29, 0.717) is 24.5 Å². The van der Waals surface area contributed by atoms with E-state index < -0.39 is 0 Å². The number of pyridine rings is 1. The number of hydrogen-bond donors (Lipinski definition) is 1. The van der Waals surface area contributed by atoms with Crippen molar-refractivity contribution in [3.63, 3.8) is 0 Å². The molecule has 5 nitrogen and oxygen atoms in total. The van der Waals surface area contributed by atoms with Crippen LogP contribution in [0.4, 0.5) is 0 Å². The second-order valence-electron chi connectivity index (χ2n) is 5.83. The molecule has 5 heteroatoms. The molecule has 1 saturated heterocycles. The molecule has 2 aromatic rings. The van der Waals surface area contributed by atoms with Crippen molar-refractivity contribution in [2.24, 2.45) is 5.73 Å². The Bertz CT molecular complexity index is 660. The summed E-state index contributed by atoms with van der Waals surface area (Å²) < 4.78 is 5.76. The Balaban J connectivity index is 1.66. The highest BCUT2D eigenvalue weighted by Crippen LogP contribution is 2.18. The first-order valence-corrected chi connectivity index (χ1v) is 7.89.